The predicted molar refractivity (Wildman–Crippen MR) is 80.2 cm³/mol. The molecule has 1 rings (SSSR count). The van der Waals surface area contributed by atoms with Crippen LogP contribution in [-0.2, 0) is 11.2 Å². The number of nitrogens with zero attached hydrogens (tertiary/aromatic N) is 1. The van der Waals surface area contributed by atoms with Crippen molar-refractivity contribution in [3.63, 3.8) is 0 Å². The zero-order valence-electron chi connectivity index (χ0n) is 12.8. The van der Waals surface area contributed by atoms with Gasteiger partial charge < -0.3 is 14.7 Å². The van der Waals surface area contributed by atoms with E-state index in [-0.39, 0.29) is 6.42 Å². The molecule has 0 aliphatic carbocycles. The Morgan fingerprint density at radius 1 is 1.25 bits per heavy atom. The van der Waals surface area contributed by atoms with Crippen molar-refractivity contribution in [2.75, 3.05) is 20.2 Å². The van der Waals surface area contributed by atoms with Crippen LogP contribution in [0.5, 0.6) is 5.75 Å². The number of hydrogen-bond donors (Lipinski definition) is 1. The number of benzene rings is 1. The van der Waals surface area contributed by atoms with Crippen LogP contribution in [-0.4, -0.2) is 42.2 Å². The molecule has 0 spiro atoms. The van der Waals surface area contributed by atoms with E-state index in [2.05, 4.69) is 32.7 Å². The van der Waals surface area contributed by atoms with Gasteiger partial charge in [0.2, 0.25) is 0 Å². The van der Waals surface area contributed by atoms with Gasteiger partial charge in [0.1, 0.15) is 12.4 Å². The maximum absolute atomic E-state index is 10.6. The zero-order valence-corrected chi connectivity index (χ0v) is 12.8. The number of ether oxygens (including phenoxy) is 1. The maximum Gasteiger partial charge on any atom is 0.307 e. The van der Waals surface area contributed by atoms with E-state index in [1.54, 1.807) is 12.1 Å². The van der Waals surface area contributed by atoms with E-state index < -0.39 is 5.97 Å². The molecule has 1 aromatic rings. The molecule has 0 amide bonds. The molecule has 4 nitrogen and oxygen atoms in total. The first-order valence-electron chi connectivity index (χ1n) is 7.04. The highest BCUT2D eigenvalue weighted by Crippen LogP contribution is 2.13. The van der Waals surface area contributed by atoms with Crippen molar-refractivity contribution in [3.8, 4) is 5.75 Å². The summed E-state index contributed by atoms with van der Waals surface area (Å²) < 4.78 is 5.68. The van der Waals surface area contributed by atoms with E-state index >= 15 is 0 Å². The van der Waals surface area contributed by atoms with Crippen molar-refractivity contribution in [1.82, 2.24) is 4.90 Å². The summed E-state index contributed by atoms with van der Waals surface area (Å²) in [6, 6.07) is 7.76. The van der Waals surface area contributed by atoms with Crippen molar-refractivity contribution in [1.29, 1.82) is 0 Å². The minimum atomic E-state index is -0.817. The summed E-state index contributed by atoms with van der Waals surface area (Å²) >= 11 is 0. The third-order valence-electron chi connectivity index (χ3n) is 3.65. The number of aliphatic carboxylic acids is 1. The third-order valence-corrected chi connectivity index (χ3v) is 3.65. The first-order valence-corrected chi connectivity index (χ1v) is 7.04. The number of hydrogen-bond acceptors (Lipinski definition) is 3. The third kappa shape index (κ3) is 5.61. The lowest BCUT2D eigenvalue weighted by Crippen LogP contribution is -2.36. The average molecular weight is 279 g/mol. The topological polar surface area (TPSA) is 49.8 Å². The van der Waals surface area contributed by atoms with Gasteiger partial charge >= 0.3 is 5.97 Å². The van der Waals surface area contributed by atoms with E-state index in [0.717, 1.165) is 17.9 Å². The number of rotatable bonds is 8. The second kappa shape index (κ2) is 7.90. The summed E-state index contributed by atoms with van der Waals surface area (Å²) in [5.41, 5.74) is 0.787. The van der Waals surface area contributed by atoms with Crippen LogP contribution >= 0.6 is 0 Å². The smallest absolute Gasteiger partial charge is 0.307 e. The summed E-state index contributed by atoms with van der Waals surface area (Å²) in [7, 11) is 2.10. The molecule has 1 N–H and O–H groups in total. The number of carbonyl (C=O) groups is 1. The Kier molecular flexibility index (Phi) is 6.52. The van der Waals surface area contributed by atoms with Gasteiger partial charge in [-0.2, -0.15) is 0 Å². The summed E-state index contributed by atoms with van der Waals surface area (Å²) in [5, 5.41) is 8.70. The van der Waals surface area contributed by atoms with E-state index in [0.29, 0.717) is 18.6 Å². The van der Waals surface area contributed by atoms with Gasteiger partial charge in [-0.3, -0.25) is 4.79 Å². The van der Waals surface area contributed by atoms with Gasteiger partial charge in [0, 0.05) is 12.6 Å². The van der Waals surface area contributed by atoms with Crippen LogP contribution in [0.4, 0.5) is 0 Å². The van der Waals surface area contributed by atoms with E-state index in [4.69, 9.17) is 9.84 Å². The molecule has 0 aliphatic rings. The second-order valence-corrected chi connectivity index (χ2v) is 5.53. The van der Waals surface area contributed by atoms with Crippen LogP contribution in [0.2, 0.25) is 0 Å². The predicted octanol–water partition coefficient (Wildman–Crippen LogP) is 2.67. The van der Waals surface area contributed by atoms with Crippen molar-refractivity contribution < 1.29 is 14.6 Å². The van der Waals surface area contributed by atoms with Crippen LogP contribution in [0.1, 0.15) is 26.3 Å². The normalized spacial score (nSPS) is 12.7. The molecule has 1 unspecified atom stereocenters. The molecular weight excluding hydrogens is 254 g/mol. The molecule has 1 atom stereocenters. The first-order chi connectivity index (χ1) is 9.40. The molecule has 0 heterocycles. The number of likely N-dealkylation sites (N-methyl/N-ethyl adjacent to an activating group) is 1. The maximum atomic E-state index is 10.6. The minimum Gasteiger partial charge on any atom is -0.492 e. The average Bonchev–Trinajstić information content (AvgIpc) is 2.39. The standard InChI is InChI=1S/C16H25NO3/c1-12(2)13(3)17(4)9-10-20-15-7-5-14(6-8-15)11-16(18)19/h5-8,12-13H,9-11H2,1-4H3,(H,18,19). The summed E-state index contributed by atoms with van der Waals surface area (Å²) in [4.78, 5) is 12.9. The SMILES string of the molecule is CC(C)C(C)N(C)CCOc1ccc(CC(=O)O)cc1. The van der Waals surface area contributed by atoms with Gasteiger partial charge in [-0.1, -0.05) is 26.0 Å². The molecule has 0 radical (unpaired) electrons. The Labute approximate surface area is 121 Å². The van der Waals surface area contributed by atoms with Gasteiger partial charge in [0.15, 0.2) is 0 Å². The highest BCUT2D eigenvalue weighted by Gasteiger charge is 2.12. The Morgan fingerprint density at radius 3 is 2.35 bits per heavy atom. The summed E-state index contributed by atoms with van der Waals surface area (Å²) in [5.74, 6) is 0.586. The Morgan fingerprint density at radius 2 is 1.85 bits per heavy atom. The molecule has 0 aliphatic heterocycles. The van der Waals surface area contributed by atoms with Crippen LogP contribution in [0.3, 0.4) is 0 Å². The van der Waals surface area contributed by atoms with Crippen LogP contribution < -0.4 is 4.74 Å². The van der Waals surface area contributed by atoms with Crippen molar-refractivity contribution in [2.24, 2.45) is 5.92 Å². The molecule has 4 heteroatoms. The Balaban J connectivity index is 2.37. The summed E-state index contributed by atoms with van der Waals surface area (Å²) in [6.45, 7) is 8.14. The second-order valence-electron chi connectivity index (χ2n) is 5.53. The molecule has 0 fully saturated rings. The van der Waals surface area contributed by atoms with Crippen LogP contribution in [0.25, 0.3) is 0 Å². The zero-order chi connectivity index (χ0) is 15.1. The molecule has 1 aromatic carbocycles. The van der Waals surface area contributed by atoms with Crippen LogP contribution in [0, 0.1) is 5.92 Å². The Hall–Kier alpha value is -1.55. The Bertz CT molecular complexity index is 414. The first kappa shape index (κ1) is 16.5. The lowest BCUT2D eigenvalue weighted by Gasteiger charge is -2.27. The highest BCUT2D eigenvalue weighted by molar-refractivity contribution is 5.70. The molecule has 0 saturated heterocycles. The van der Waals surface area contributed by atoms with E-state index in [1.165, 1.54) is 0 Å². The van der Waals surface area contributed by atoms with Crippen molar-refractivity contribution >= 4 is 5.97 Å². The fraction of sp³-hybridized carbons (Fsp3) is 0.562. The largest absolute Gasteiger partial charge is 0.492 e. The van der Waals surface area contributed by atoms with E-state index in [1.807, 2.05) is 12.1 Å². The monoisotopic (exact) mass is 279 g/mol. The van der Waals surface area contributed by atoms with Crippen LogP contribution in [0.15, 0.2) is 24.3 Å². The number of carboxylic acids is 1. The van der Waals surface area contributed by atoms with E-state index in [9.17, 15) is 4.79 Å². The molecule has 0 saturated carbocycles. The minimum absolute atomic E-state index is 0.0505. The molecule has 0 bridgehead atoms. The fourth-order valence-corrected chi connectivity index (χ4v) is 1.90. The molecule has 0 aromatic heterocycles. The van der Waals surface area contributed by atoms with Gasteiger partial charge in [-0.05, 0) is 37.6 Å². The molecule has 112 valence electrons. The van der Waals surface area contributed by atoms with Gasteiger partial charge in [0.05, 0.1) is 6.42 Å². The van der Waals surface area contributed by atoms with Crippen molar-refractivity contribution in [3.05, 3.63) is 29.8 Å². The lowest BCUT2D eigenvalue weighted by atomic mass is 10.1. The van der Waals surface area contributed by atoms with Crippen molar-refractivity contribution in [2.45, 2.75) is 33.2 Å². The fourth-order valence-electron chi connectivity index (χ4n) is 1.90. The van der Waals surface area contributed by atoms with Gasteiger partial charge in [-0.15, -0.1) is 0 Å². The lowest BCUT2D eigenvalue weighted by molar-refractivity contribution is -0.136. The quantitative estimate of drug-likeness (QED) is 0.795. The molecular formula is C16H25NO3. The molecule has 20 heavy (non-hydrogen) atoms. The van der Waals surface area contributed by atoms with Gasteiger partial charge in [-0.25, -0.2) is 0 Å². The number of carboxylic acid groups (broad SMARTS) is 1. The highest BCUT2D eigenvalue weighted by atomic mass is 16.5. The summed E-state index contributed by atoms with van der Waals surface area (Å²) in [6.07, 6.45) is 0.0505. The van der Waals surface area contributed by atoms with Gasteiger partial charge in [0.25, 0.3) is 0 Å².